The number of aryl methyl sites for hydroxylation is 1. The average Bonchev–Trinajstić information content (AvgIpc) is 3.05. The van der Waals surface area contributed by atoms with Crippen LogP contribution in [0.2, 0.25) is 0 Å². The summed E-state index contributed by atoms with van der Waals surface area (Å²) in [4.78, 5) is 21.2. The van der Waals surface area contributed by atoms with Crippen molar-refractivity contribution < 1.29 is 4.79 Å². The number of hydrogen-bond donors (Lipinski definition) is 1. The molecule has 0 radical (unpaired) electrons. The third kappa shape index (κ3) is 2.98. The molecule has 0 unspecified atom stereocenters. The number of hydrogen-bond acceptors (Lipinski definition) is 4. The van der Waals surface area contributed by atoms with Crippen molar-refractivity contribution in [1.82, 2.24) is 15.3 Å². The predicted molar refractivity (Wildman–Crippen MR) is 103 cm³/mol. The lowest BCUT2D eigenvalue weighted by molar-refractivity contribution is -0.119. The highest BCUT2D eigenvalue weighted by molar-refractivity contribution is 7.21. The Morgan fingerprint density at radius 2 is 1.92 bits per heavy atom. The fourth-order valence-corrected chi connectivity index (χ4v) is 3.85. The molecule has 0 aliphatic heterocycles. The summed E-state index contributed by atoms with van der Waals surface area (Å²) in [6.45, 7) is 2.08. The number of nitrogens with zero attached hydrogens (tertiary/aromatic N) is 2. The Labute approximate surface area is 149 Å². The molecule has 2 heterocycles. The minimum atomic E-state index is -0.00148. The predicted octanol–water partition coefficient (Wildman–Crippen LogP) is 4.11. The van der Waals surface area contributed by atoms with E-state index in [1.807, 2.05) is 36.4 Å². The highest BCUT2D eigenvalue weighted by atomic mass is 32.1. The van der Waals surface area contributed by atoms with Crippen LogP contribution < -0.4 is 5.32 Å². The van der Waals surface area contributed by atoms with Crippen LogP contribution in [-0.2, 0) is 11.2 Å². The summed E-state index contributed by atoms with van der Waals surface area (Å²) < 4.78 is 1.16. The van der Waals surface area contributed by atoms with Crippen LogP contribution in [0.1, 0.15) is 11.1 Å². The molecule has 0 aliphatic rings. The van der Waals surface area contributed by atoms with Crippen LogP contribution in [0, 0.1) is 6.92 Å². The summed E-state index contributed by atoms with van der Waals surface area (Å²) in [5, 5.41) is 4.68. The van der Waals surface area contributed by atoms with Crippen LogP contribution in [0.4, 0.5) is 0 Å². The summed E-state index contributed by atoms with van der Waals surface area (Å²) in [7, 11) is 1.65. The average molecular weight is 347 g/mol. The number of rotatable bonds is 3. The first kappa shape index (κ1) is 15.7. The van der Waals surface area contributed by atoms with Gasteiger partial charge in [0.1, 0.15) is 5.01 Å². The van der Waals surface area contributed by atoms with Crippen molar-refractivity contribution in [3.8, 4) is 10.7 Å². The number of para-hydroxylation sites is 1. The molecule has 0 atom stereocenters. The molecular formula is C20H17N3OS. The van der Waals surface area contributed by atoms with Gasteiger partial charge in [-0.1, -0.05) is 24.3 Å². The van der Waals surface area contributed by atoms with Crippen molar-refractivity contribution in [1.29, 1.82) is 0 Å². The molecule has 0 fully saturated rings. The maximum Gasteiger partial charge on any atom is 0.224 e. The van der Waals surface area contributed by atoms with E-state index in [9.17, 15) is 4.79 Å². The first-order valence-electron chi connectivity index (χ1n) is 8.11. The fraction of sp³-hybridized carbons (Fsp3) is 0.150. The Balaban J connectivity index is 1.82. The second-order valence-electron chi connectivity index (χ2n) is 6.01. The quantitative estimate of drug-likeness (QED) is 0.607. The van der Waals surface area contributed by atoms with Crippen LogP contribution in [-0.4, -0.2) is 22.9 Å². The molecule has 5 heteroatoms. The van der Waals surface area contributed by atoms with Crippen LogP contribution in [0.25, 0.3) is 31.8 Å². The van der Waals surface area contributed by atoms with Crippen LogP contribution in [0.5, 0.6) is 0 Å². The lowest BCUT2D eigenvalue weighted by Crippen LogP contribution is -2.19. The highest BCUT2D eigenvalue weighted by Crippen LogP contribution is 2.31. The number of likely N-dealkylation sites (N-methyl/N-ethyl adjacent to an activating group) is 1. The molecule has 124 valence electrons. The van der Waals surface area contributed by atoms with Gasteiger partial charge in [0.2, 0.25) is 5.91 Å². The second kappa shape index (κ2) is 6.26. The van der Waals surface area contributed by atoms with Crippen LogP contribution in [0.15, 0.2) is 48.5 Å². The molecule has 2 aromatic heterocycles. The van der Waals surface area contributed by atoms with Gasteiger partial charge in [0.25, 0.3) is 0 Å². The third-order valence-electron chi connectivity index (χ3n) is 4.24. The monoisotopic (exact) mass is 347 g/mol. The number of benzene rings is 2. The zero-order valence-electron chi connectivity index (χ0n) is 14.0. The van der Waals surface area contributed by atoms with Gasteiger partial charge in [-0.2, -0.15) is 0 Å². The summed E-state index contributed by atoms with van der Waals surface area (Å²) in [5.41, 5.74) is 4.89. The molecule has 0 spiro atoms. The van der Waals surface area contributed by atoms with E-state index < -0.39 is 0 Å². The maximum absolute atomic E-state index is 11.6. The standard InChI is InChI=1S/C20H17N3OS/c1-12-9-17(20-23-15-5-3-4-6-18(15)25-20)22-16-10-13(7-8-14(12)16)11-19(24)21-2/h3-10H,11H2,1-2H3,(H,21,24). The summed E-state index contributed by atoms with van der Waals surface area (Å²) in [5.74, 6) is -0.00148. The molecule has 4 aromatic rings. The molecule has 1 N–H and O–H groups in total. The molecule has 0 saturated heterocycles. The first-order valence-corrected chi connectivity index (χ1v) is 8.92. The molecule has 1 amide bonds. The number of aromatic nitrogens is 2. The van der Waals surface area contributed by atoms with Crippen LogP contribution >= 0.6 is 11.3 Å². The van der Waals surface area contributed by atoms with Gasteiger partial charge in [0, 0.05) is 12.4 Å². The van der Waals surface area contributed by atoms with Crippen molar-refractivity contribution in [3.05, 3.63) is 59.7 Å². The number of thiazole rings is 1. The molecular weight excluding hydrogens is 330 g/mol. The van der Waals surface area contributed by atoms with Crippen molar-refractivity contribution in [2.75, 3.05) is 7.05 Å². The topological polar surface area (TPSA) is 54.9 Å². The molecule has 4 rings (SSSR count). The number of amides is 1. The Bertz CT molecular complexity index is 1070. The number of fused-ring (bicyclic) bond motifs is 2. The summed E-state index contributed by atoms with van der Waals surface area (Å²) >= 11 is 1.65. The van der Waals surface area contributed by atoms with Gasteiger partial charge < -0.3 is 5.32 Å². The Kier molecular flexibility index (Phi) is 3.93. The number of pyridine rings is 1. The molecule has 0 aliphatic carbocycles. The van der Waals surface area contributed by atoms with Gasteiger partial charge in [-0.05, 0) is 42.3 Å². The minimum Gasteiger partial charge on any atom is -0.359 e. The molecule has 2 aromatic carbocycles. The van der Waals surface area contributed by atoms with Gasteiger partial charge >= 0.3 is 0 Å². The van der Waals surface area contributed by atoms with E-state index >= 15 is 0 Å². The van der Waals surface area contributed by atoms with Gasteiger partial charge in [-0.25, -0.2) is 9.97 Å². The molecule has 0 bridgehead atoms. The highest BCUT2D eigenvalue weighted by Gasteiger charge is 2.11. The van der Waals surface area contributed by atoms with E-state index in [-0.39, 0.29) is 5.91 Å². The molecule has 4 nitrogen and oxygen atoms in total. The Morgan fingerprint density at radius 1 is 1.08 bits per heavy atom. The van der Waals surface area contributed by atoms with Crippen molar-refractivity contribution >= 4 is 38.4 Å². The van der Waals surface area contributed by atoms with Crippen molar-refractivity contribution in [2.45, 2.75) is 13.3 Å². The van der Waals surface area contributed by atoms with Gasteiger partial charge in [0.05, 0.1) is 27.8 Å². The first-order chi connectivity index (χ1) is 12.1. The summed E-state index contributed by atoms with van der Waals surface area (Å²) in [6.07, 6.45) is 0.360. The summed E-state index contributed by atoms with van der Waals surface area (Å²) in [6, 6.07) is 16.2. The maximum atomic E-state index is 11.6. The van der Waals surface area contributed by atoms with E-state index in [1.165, 1.54) is 0 Å². The smallest absolute Gasteiger partial charge is 0.224 e. The zero-order chi connectivity index (χ0) is 17.4. The van der Waals surface area contributed by atoms with E-state index in [1.54, 1.807) is 18.4 Å². The number of carbonyl (C=O) groups excluding carboxylic acids is 1. The van der Waals surface area contributed by atoms with Gasteiger partial charge in [-0.3, -0.25) is 4.79 Å². The lowest BCUT2D eigenvalue weighted by atomic mass is 10.0. The number of nitrogens with one attached hydrogen (secondary N) is 1. The van der Waals surface area contributed by atoms with E-state index in [4.69, 9.17) is 9.97 Å². The lowest BCUT2D eigenvalue weighted by Gasteiger charge is -2.07. The van der Waals surface area contributed by atoms with Gasteiger partial charge in [-0.15, -0.1) is 11.3 Å². The minimum absolute atomic E-state index is 0.00148. The third-order valence-corrected chi connectivity index (χ3v) is 5.30. The Morgan fingerprint density at radius 3 is 2.72 bits per heavy atom. The SMILES string of the molecule is CNC(=O)Cc1ccc2c(C)cc(-c3nc4ccccc4s3)nc2c1. The number of carbonyl (C=O) groups is 1. The van der Waals surface area contributed by atoms with E-state index in [2.05, 4.69) is 24.4 Å². The van der Waals surface area contributed by atoms with E-state index in [0.717, 1.165) is 42.9 Å². The van der Waals surface area contributed by atoms with Crippen molar-refractivity contribution in [2.24, 2.45) is 0 Å². The Hall–Kier alpha value is -2.79. The van der Waals surface area contributed by atoms with Gasteiger partial charge in [0.15, 0.2) is 0 Å². The fourth-order valence-electron chi connectivity index (χ4n) is 2.92. The molecule has 25 heavy (non-hydrogen) atoms. The molecule has 0 saturated carbocycles. The largest absolute Gasteiger partial charge is 0.359 e. The van der Waals surface area contributed by atoms with Crippen LogP contribution in [0.3, 0.4) is 0 Å². The second-order valence-corrected chi connectivity index (χ2v) is 7.04. The van der Waals surface area contributed by atoms with Crippen molar-refractivity contribution in [3.63, 3.8) is 0 Å². The normalized spacial score (nSPS) is 11.1. The van der Waals surface area contributed by atoms with E-state index in [0.29, 0.717) is 6.42 Å². The zero-order valence-corrected chi connectivity index (χ0v) is 14.9.